The molecule has 2 rings (SSSR count). The van der Waals surface area contributed by atoms with Crippen LogP contribution in [0.3, 0.4) is 0 Å². The Morgan fingerprint density at radius 3 is 2.37 bits per heavy atom. The van der Waals surface area contributed by atoms with Crippen LogP contribution in [-0.4, -0.2) is 73.7 Å². The van der Waals surface area contributed by atoms with E-state index in [2.05, 4.69) is 15.0 Å². The molecule has 1 saturated heterocycles. The normalized spacial score (nSPS) is 16.0. The van der Waals surface area contributed by atoms with Crippen LogP contribution in [0.25, 0.3) is 0 Å². The van der Waals surface area contributed by atoms with Crippen molar-refractivity contribution in [1.29, 1.82) is 0 Å². The van der Waals surface area contributed by atoms with E-state index in [1.807, 2.05) is 20.8 Å². The summed E-state index contributed by atoms with van der Waals surface area (Å²) in [7, 11) is 1.34. The van der Waals surface area contributed by atoms with Gasteiger partial charge < -0.3 is 19.7 Å². The topological polar surface area (TPSA) is 88.2 Å². The van der Waals surface area contributed by atoms with Gasteiger partial charge in [0.05, 0.1) is 25.3 Å². The predicted molar refractivity (Wildman–Crippen MR) is 113 cm³/mol. The number of methoxy groups -OCH3 is 1. The third-order valence-electron chi connectivity index (χ3n) is 5.10. The van der Waals surface area contributed by atoms with Crippen LogP contribution in [0.5, 0.6) is 0 Å². The van der Waals surface area contributed by atoms with Crippen molar-refractivity contribution in [3.8, 4) is 0 Å². The fraction of sp³-hybridized carbons (Fsp3) is 0.591. The number of rotatable bonds is 7. The third-order valence-corrected chi connectivity index (χ3v) is 5.10. The molecule has 1 heterocycles. The van der Waals surface area contributed by atoms with Crippen molar-refractivity contribution >= 4 is 18.0 Å². The molecule has 1 aliphatic heterocycles. The summed E-state index contributed by atoms with van der Waals surface area (Å²) >= 11 is 0. The Bertz CT molecular complexity index is 720. The molecule has 1 aliphatic rings. The van der Waals surface area contributed by atoms with Crippen LogP contribution in [0.2, 0.25) is 0 Å². The van der Waals surface area contributed by atoms with Gasteiger partial charge in [-0.2, -0.15) is 0 Å². The van der Waals surface area contributed by atoms with Crippen molar-refractivity contribution in [2.45, 2.75) is 39.8 Å². The van der Waals surface area contributed by atoms with Gasteiger partial charge in [-0.05, 0) is 37.0 Å². The molecule has 8 nitrogen and oxygen atoms in total. The Hall–Kier alpha value is -2.61. The van der Waals surface area contributed by atoms with Crippen molar-refractivity contribution in [2.24, 2.45) is 5.92 Å². The Balaban J connectivity index is 1.81. The molecule has 1 atom stereocenters. The zero-order valence-corrected chi connectivity index (χ0v) is 18.3. The second-order valence-electron chi connectivity index (χ2n) is 7.93. The maximum atomic E-state index is 12.6. The van der Waals surface area contributed by atoms with Crippen LogP contribution in [0.4, 0.5) is 4.79 Å². The van der Waals surface area contributed by atoms with E-state index in [0.29, 0.717) is 44.3 Å². The summed E-state index contributed by atoms with van der Waals surface area (Å²) in [5.74, 6) is -0.150. The third kappa shape index (κ3) is 7.02. The van der Waals surface area contributed by atoms with Gasteiger partial charge in [-0.1, -0.05) is 26.0 Å². The molecule has 8 heteroatoms. The van der Waals surface area contributed by atoms with Gasteiger partial charge in [-0.15, -0.1) is 0 Å². The van der Waals surface area contributed by atoms with Gasteiger partial charge in [-0.3, -0.25) is 9.69 Å². The Kier molecular flexibility index (Phi) is 9.11. The number of amides is 2. The quantitative estimate of drug-likeness (QED) is 0.682. The molecule has 0 bridgehead atoms. The van der Waals surface area contributed by atoms with E-state index in [0.717, 1.165) is 18.5 Å². The first-order valence-electron chi connectivity index (χ1n) is 10.4. The molecule has 0 aromatic heterocycles. The summed E-state index contributed by atoms with van der Waals surface area (Å²) < 4.78 is 10.0. The number of nitrogens with zero attached hydrogens (tertiary/aromatic N) is 2. The van der Waals surface area contributed by atoms with E-state index in [4.69, 9.17) is 4.74 Å². The average molecular weight is 420 g/mol. The standard InChI is InChI=1S/C22H33N3O5/c1-16(2)15-30-22(28)25-11-5-10-24(12-13-25)17(3)20(26)23-14-18-6-8-19(9-7-18)21(27)29-4/h6-9,16-17H,5,10-15H2,1-4H3,(H,23,26). The van der Waals surface area contributed by atoms with E-state index in [-0.39, 0.29) is 24.0 Å². The Labute approximate surface area is 178 Å². The number of carbonyl (C=O) groups is 3. The smallest absolute Gasteiger partial charge is 0.409 e. The summed E-state index contributed by atoms with van der Waals surface area (Å²) in [6.45, 7) is 9.23. The number of hydrogen-bond acceptors (Lipinski definition) is 6. The van der Waals surface area contributed by atoms with Crippen LogP contribution >= 0.6 is 0 Å². The molecule has 1 aromatic rings. The minimum atomic E-state index is -0.387. The summed E-state index contributed by atoms with van der Waals surface area (Å²) in [6, 6.07) is 6.65. The monoisotopic (exact) mass is 419 g/mol. The maximum Gasteiger partial charge on any atom is 0.409 e. The van der Waals surface area contributed by atoms with Crippen molar-refractivity contribution < 1.29 is 23.9 Å². The van der Waals surface area contributed by atoms with Gasteiger partial charge in [0.25, 0.3) is 0 Å². The van der Waals surface area contributed by atoms with Crippen LogP contribution in [0, 0.1) is 5.92 Å². The fourth-order valence-electron chi connectivity index (χ4n) is 3.22. The summed E-state index contributed by atoms with van der Waals surface area (Å²) in [6.07, 6.45) is 0.515. The molecule has 30 heavy (non-hydrogen) atoms. The molecule has 0 spiro atoms. The Morgan fingerprint density at radius 2 is 1.73 bits per heavy atom. The highest BCUT2D eigenvalue weighted by Gasteiger charge is 2.26. The van der Waals surface area contributed by atoms with E-state index in [1.165, 1.54) is 7.11 Å². The van der Waals surface area contributed by atoms with Gasteiger partial charge in [0.15, 0.2) is 0 Å². The lowest BCUT2D eigenvalue weighted by molar-refractivity contribution is -0.126. The lowest BCUT2D eigenvalue weighted by Gasteiger charge is -2.27. The van der Waals surface area contributed by atoms with Gasteiger partial charge in [0.1, 0.15) is 0 Å². The van der Waals surface area contributed by atoms with E-state index >= 15 is 0 Å². The summed E-state index contributed by atoms with van der Waals surface area (Å²) in [5.41, 5.74) is 1.38. The number of nitrogens with one attached hydrogen (secondary N) is 1. The lowest BCUT2D eigenvalue weighted by atomic mass is 10.1. The van der Waals surface area contributed by atoms with Crippen molar-refractivity contribution in [3.63, 3.8) is 0 Å². The molecule has 166 valence electrons. The van der Waals surface area contributed by atoms with Gasteiger partial charge in [0.2, 0.25) is 5.91 Å². The number of hydrogen-bond donors (Lipinski definition) is 1. The highest BCUT2D eigenvalue weighted by molar-refractivity contribution is 5.89. The largest absolute Gasteiger partial charge is 0.465 e. The van der Waals surface area contributed by atoms with Crippen molar-refractivity contribution in [2.75, 3.05) is 39.9 Å². The number of ether oxygens (including phenoxy) is 2. The van der Waals surface area contributed by atoms with Crippen LogP contribution in [-0.2, 0) is 20.8 Å². The predicted octanol–water partition coefficient (Wildman–Crippen LogP) is 2.28. The molecule has 2 amide bonds. The van der Waals surface area contributed by atoms with Gasteiger partial charge in [0, 0.05) is 32.7 Å². The zero-order valence-electron chi connectivity index (χ0n) is 18.3. The van der Waals surface area contributed by atoms with Crippen molar-refractivity contribution in [3.05, 3.63) is 35.4 Å². The number of esters is 1. The number of benzene rings is 1. The minimum Gasteiger partial charge on any atom is -0.465 e. The highest BCUT2D eigenvalue weighted by Crippen LogP contribution is 2.10. The van der Waals surface area contributed by atoms with Crippen LogP contribution in [0.15, 0.2) is 24.3 Å². The summed E-state index contributed by atoms with van der Waals surface area (Å²) in [5, 5.41) is 2.94. The molecule has 0 aliphatic carbocycles. The Morgan fingerprint density at radius 1 is 1.03 bits per heavy atom. The van der Waals surface area contributed by atoms with E-state index < -0.39 is 0 Å². The first kappa shape index (κ1) is 23.7. The van der Waals surface area contributed by atoms with Crippen LogP contribution < -0.4 is 5.32 Å². The summed E-state index contributed by atoms with van der Waals surface area (Å²) in [4.78, 5) is 40.1. The van der Waals surface area contributed by atoms with Gasteiger partial charge >= 0.3 is 12.1 Å². The molecule has 1 unspecified atom stereocenters. The molecule has 1 N–H and O–H groups in total. The van der Waals surface area contributed by atoms with Crippen LogP contribution in [0.1, 0.15) is 43.1 Å². The first-order valence-corrected chi connectivity index (χ1v) is 10.4. The maximum absolute atomic E-state index is 12.6. The molecular weight excluding hydrogens is 386 g/mol. The van der Waals surface area contributed by atoms with Crippen molar-refractivity contribution in [1.82, 2.24) is 15.1 Å². The first-order chi connectivity index (χ1) is 14.3. The molecule has 1 aromatic carbocycles. The molecule has 0 saturated carbocycles. The molecular formula is C22H33N3O5. The number of carbonyl (C=O) groups excluding carboxylic acids is 3. The zero-order chi connectivity index (χ0) is 22.1. The highest BCUT2D eigenvalue weighted by atomic mass is 16.6. The molecule has 0 radical (unpaired) electrons. The second-order valence-corrected chi connectivity index (χ2v) is 7.93. The minimum absolute atomic E-state index is 0.0668. The SMILES string of the molecule is COC(=O)c1ccc(CNC(=O)C(C)N2CCCN(C(=O)OCC(C)C)CC2)cc1. The van der Waals surface area contributed by atoms with E-state index in [9.17, 15) is 14.4 Å². The average Bonchev–Trinajstić information content (AvgIpc) is 3.01. The molecule has 1 fully saturated rings. The second kappa shape index (κ2) is 11.5. The fourth-order valence-corrected chi connectivity index (χ4v) is 3.22. The van der Waals surface area contributed by atoms with Gasteiger partial charge in [-0.25, -0.2) is 9.59 Å². The van der Waals surface area contributed by atoms with E-state index in [1.54, 1.807) is 29.2 Å². The lowest BCUT2D eigenvalue weighted by Crippen LogP contribution is -2.46.